The highest BCUT2D eigenvalue weighted by Gasteiger charge is 2.27. The number of anilines is 1. The van der Waals surface area contributed by atoms with E-state index < -0.39 is 16.4 Å². The smallest absolute Gasteiger partial charge is 0.295 e. The maximum absolute atomic E-state index is 13.7. The molecule has 6 nitrogen and oxygen atoms in total. The number of hydrogen-bond donors (Lipinski definition) is 2. The van der Waals surface area contributed by atoms with Gasteiger partial charge in [0.2, 0.25) is 5.91 Å². The SMILES string of the molecule is NC1CCC(C(=O)Nc2c(F)cccc2[N+](=O)[O-])CC1. The van der Waals surface area contributed by atoms with Crippen LogP contribution in [0, 0.1) is 21.8 Å². The topological polar surface area (TPSA) is 98.3 Å². The fourth-order valence-electron chi connectivity index (χ4n) is 2.40. The Morgan fingerprint density at radius 1 is 1.35 bits per heavy atom. The highest BCUT2D eigenvalue weighted by atomic mass is 19.1. The quantitative estimate of drug-likeness (QED) is 0.655. The lowest BCUT2D eigenvalue weighted by molar-refractivity contribution is -0.384. The van der Waals surface area contributed by atoms with Crippen molar-refractivity contribution in [1.82, 2.24) is 0 Å². The highest BCUT2D eigenvalue weighted by Crippen LogP contribution is 2.29. The summed E-state index contributed by atoms with van der Waals surface area (Å²) in [6, 6.07) is 3.58. The lowest BCUT2D eigenvalue weighted by Gasteiger charge is -2.25. The van der Waals surface area contributed by atoms with E-state index in [0.29, 0.717) is 12.8 Å². The van der Waals surface area contributed by atoms with Crippen molar-refractivity contribution in [3.63, 3.8) is 0 Å². The Bertz CT molecular complexity index is 528. The Morgan fingerprint density at radius 2 is 2.00 bits per heavy atom. The van der Waals surface area contributed by atoms with Crippen LogP contribution >= 0.6 is 0 Å². The number of nitrogens with one attached hydrogen (secondary N) is 1. The third kappa shape index (κ3) is 3.11. The molecule has 1 amide bonds. The van der Waals surface area contributed by atoms with Crippen molar-refractivity contribution >= 4 is 17.3 Å². The minimum atomic E-state index is -0.805. The normalized spacial score (nSPS) is 22.3. The summed E-state index contributed by atoms with van der Waals surface area (Å²) in [5.41, 5.74) is 4.95. The van der Waals surface area contributed by atoms with E-state index in [-0.39, 0.29) is 23.6 Å². The van der Waals surface area contributed by atoms with E-state index in [1.165, 1.54) is 6.07 Å². The molecule has 3 N–H and O–H groups in total. The second-order valence-electron chi connectivity index (χ2n) is 4.99. The summed E-state index contributed by atoms with van der Waals surface area (Å²) < 4.78 is 13.7. The maximum Gasteiger partial charge on any atom is 0.295 e. The van der Waals surface area contributed by atoms with Crippen molar-refractivity contribution in [1.29, 1.82) is 0 Å². The minimum absolute atomic E-state index is 0.0989. The first-order valence-electron chi connectivity index (χ1n) is 6.48. The van der Waals surface area contributed by atoms with Gasteiger partial charge in [0, 0.05) is 18.0 Å². The summed E-state index contributed by atoms with van der Waals surface area (Å²) >= 11 is 0. The summed E-state index contributed by atoms with van der Waals surface area (Å²) in [6.07, 6.45) is 2.71. The van der Waals surface area contributed by atoms with E-state index in [2.05, 4.69) is 5.32 Å². The van der Waals surface area contributed by atoms with Crippen molar-refractivity contribution < 1.29 is 14.1 Å². The summed E-state index contributed by atoms with van der Waals surface area (Å²) in [6.45, 7) is 0. The van der Waals surface area contributed by atoms with Crippen LogP contribution in [-0.4, -0.2) is 16.9 Å². The van der Waals surface area contributed by atoms with Gasteiger partial charge in [0.1, 0.15) is 0 Å². The molecule has 20 heavy (non-hydrogen) atoms. The third-order valence-electron chi connectivity index (χ3n) is 3.58. The first-order valence-corrected chi connectivity index (χ1v) is 6.48. The summed E-state index contributed by atoms with van der Waals surface area (Å²) in [5, 5.41) is 13.2. The van der Waals surface area contributed by atoms with Crippen LogP contribution in [0.3, 0.4) is 0 Å². The number of nitro groups is 1. The third-order valence-corrected chi connectivity index (χ3v) is 3.58. The van der Waals surface area contributed by atoms with Gasteiger partial charge in [0.15, 0.2) is 11.5 Å². The molecule has 7 heteroatoms. The van der Waals surface area contributed by atoms with Crippen LogP contribution in [-0.2, 0) is 4.79 Å². The molecule has 0 aromatic heterocycles. The molecular formula is C13H16FN3O3. The summed E-state index contributed by atoms with van der Waals surface area (Å²) in [5.74, 6) is -1.46. The number of nitrogens with zero attached hydrogens (tertiary/aromatic N) is 1. The van der Waals surface area contributed by atoms with Crippen LogP contribution in [0.15, 0.2) is 18.2 Å². The molecule has 0 spiro atoms. The Balaban J connectivity index is 2.13. The van der Waals surface area contributed by atoms with E-state index in [0.717, 1.165) is 25.0 Å². The minimum Gasteiger partial charge on any atom is -0.328 e. The molecule has 0 radical (unpaired) electrons. The van der Waals surface area contributed by atoms with Crippen molar-refractivity contribution in [2.24, 2.45) is 11.7 Å². The number of carbonyl (C=O) groups is 1. The van der Waals surface area contributed by atoms with Gasteiger partial charge in [-0.2, -0.15) is 0 Å². The molecular weight excluding hydrogens is 265 g/mol. The van der Waals surface area contributed by atoms with Crippen molar-refractivity contribution in [2.75, 3.05) is 5.32 Å². The maximum atomic E-state index is 13.7. The average Bonchev–Trinajstić information content (AvgIpc) is 2.41. The van der Waals surface area contributed by atoms with Crippen LogP contribution in [0.1, 0.15) is 25.7 Å². The van der Waals surface area contributed by atoms with Gasteiger partial charge in [0.05, 0.1) is 4.92 Å². The lowest BCUT2D eigenvalue weighted by atomic mass is 9.86. The van der Waals surface area contributed by atoms with Crippen LogP contribution in [0.2, 0.25) is 0 Å². The Hall–Kier alpha value is -2.02. The number of amides is 1. The molecule has 0 heterocycles. The number of halogens is 1. The van der Waals surface area contributed by atoms with Gasteiger partial charge >= 0.3 is 0 Å². The molecule has 2 rings (SSSR count). The van der Waals surface area contributed by atoms with Gasteiger partial charge in [-0.05, 0) is 31.7 Å². The van der Waals surface area contributed by atoms with Gasteiger partial charge in [-0.15, -0.1) is 0 Å². The van der Waals surface area contributed by atoms with E-state index in [1.807, 2.05) is 0 Å². The summed E-state index contributed by atoms with van der Waals surface area (Å²) in [7, 11) is 0. The van der Waals surface area contributed by atoms with Crippen LogP contribution in [0.4, 0.5) is 15.8 Å². The van der Waals surface area contributed by atoms with Gasteiger partial charge < -0.3 is 11.1 Å². The van der Waals surface area contributed by atoms with E-state index >= 15 is 0 Å². The van der Waals surface area contributed by atoms with E-state index in [4.69, 9.17) is 5.73 Å². The molecule has 0 unspecified atom stereocenters. The molecule has 1 saturated carbocycles. The van der Waals surface area contributed by atoms with E-state index in [1.54, 1.807) is 0 Å². The van der Waals surface area contributed by atoms with Gasteiger partial charge in [0.25, 0.3) is 5.69 Å². The van der Waals surface area contributed by atoms with Crippen molar-refractivity contribution in [2.45, 2.75) is 31.7 Å². The monoisotopic (exact) mass is 281 g/mol. The second-order valence-corrected chi connectivity index (χ2v) is 4.99. The van der Waals surface area contributed by atoms with Gasteiger partial charge in [-0.25, -0.2) is 4.39 Å². The van der Waals surface area contributed by atoms with Crippen molar-refractivity contribution in [3.05, 3.63) is 34.1 Å². The number of carbonyl (C=O) groups excluding carboxylic acids is 1. The van der Waals surface area contributed by atoms with Crippen LogP contribution < -0.4 is 11.1 Å². The average molecular weight is 281 g/mol. The Kier molecular flexibility index (Phi) is 4.29. The Labute approximate surface area is 115 Å². The number of para-hydroxylation sites is 1. The molecule has 1 aliphatic carbocycles. The van der Waals surface area contributed by atoms with E-state index in [9.17, 15) is 19.3 Å². The molecule has 0 saturated heterocycles. The van der Waals surface area contributed by atoms with Gasteiger partial charge in [-0.3, -0.25) is 14.9 Å². The molecule has 0 aliphatic heterocycles. The number of nitrogens with two attached hydrogens (primary N) is 1. The Morgan fingerprint density at radius 3 is 2.60 bits per heavy atom. The van der Waals surface area contributed by atoms with Crippen LogP contribution in [0.25, 0.3) is 0 Å². The number of rotatable bonds is 3. The first-order chi connectivity index (χ1) is 9.49. The number of benzene rings is 1. The molecule has 1 aliphatic rings. The second kappa shape index (κ2) is 5.96. The zero-order chi connectivity index (χ0) is 14.7. The fraction of sp³-hybridized carbons (Fsp3) is 0.462. The molecule has 108 valence electrons. The number of hydrogen-bond acceptors (Lipinski definition) is 4. The highest BCUT2D eigenvalue weighted by molar-refractivity contribution is 5.94. The number of nitro benzene ring substituents is 1. The zero-order valence-corrected chi connectivity index (χ0v) is 10.8. The standard InChI is InChI=1S/C13H16FN3O3/c14-10-2-1-3-11(17(19)20)12(10)16-13(18)8-4-6-9(15)7-5-8/h1-3,8-9H,4-7,15H2,(H,16,18). The summed E-state index contributed by atoms with van der Waals surface area (Å²) in [4.78, 5) is 22.2. The molecule has 0 atom stereocenters. The first kappa shape index (κ1) is 14.4. The van der Waals surface area contributed by atoms with Crippen LogP contribution in [0.5, 0.6) is 0 Å². The van der Waals surface area contributed by atoms with Gasteiger partial charge in [-0.1, -0.05) is 6.07 Å². The van der Waals surface area contributed by atoms with Crippen molar-refractivity contribution in [3.8, 4) is 0 Å². The zero-order valence-electron chi connectivity index (χ0n) is 10.8. The molecule has 1 aromatic rings. The molecule has 0 bridgehead atoms. The predicted octanol–water partition coefficient (Wildman–Crippen LogP) is 2.19. The molecule has 1 fully saturated rings. The lowest BCUT2D eigenvalue weighted by Crippen LogP contribution is -2.32. The molecule has 1 aromatic carbocycles. The largest absolute Gasteiger partial charge is 0.328 e. The predicted molar refractivity (Wildman–Crippen MR) is 71.6 cm³/mol. The fourth-order valence-corrected chi connectivity index (χ4v) is 2.40.